The van der Waals surface area contributed by atoms with E-state index in [0.29, 0.717) is 5.12 Å². The van der Waals surface area contributed by atoms with Gasteiger partial charge in [0.2, 0.25) is 0 Å². The molecule has 184 valence electrons. The van der Waals surface area contributed by atoms with Gasteiger partial charge in [-0.3, -0.25) is 0 Å². The van der Waals surface area contributed by atoms with Crippen LogP contribution in [0.25, 0.3) is 0 Å². The lowest BCUT2D eigenvalue weighted by molar-refractivity contribution is 0.108. The van der Waals surface area contributed by atoms with Crippen molar-refractivity contribution in [2.75, 3.05) is 11.5 Å². The molecule has 0 N–H and O–H groups in total. The molecule has 1 aromatic carbocycles. The van der Waals surface area contributed by atoms with Gasteiger partial charge < -0.3 is 0 Å². The molecule has 0 radical (unpaired) electrons. The van der Waals surface area contributed by atoms with Gasteiger partial charge in [-0.2, -0.15) is 0 Å². The van der Waals surface area contributed by atoms with Crippen molar-refractivity contribution in [1.82, 2.24) is 0 Å². The van der Waals surface area contributed by atoms with Crippen molar-refractivity contribution in [1.29, 1.82) is 0 Å². The van der Waals surface area contributed by atoms with Crippen LogP contribution in [0, 0.1) is 6.92 Å². The molecule has 0 aliphatic rings. The van der Waals surface area contributed by atoms with Gasteiger partial charge in [0, 0.05) is 0 Å². The molecule has 0 heterocycles. The van der Waals surface area contributed by atoms with Crippen molar-refractivity contribution in [2.45, 2.75) is 136 Å². The third-order valence-electron chi connectivity index (χ3n) is 6.54. The Kier molecular flexibility index (Phi) is 19.0. The Balaban J connectivity index is 2.31. The van der Waals surface area contributed by atoms with Gasteiger partial charge in [-0.25, -0.2) is 4.79 Å². The molecule has 0 spiro atoms. The first-order chi connectivity index (χ1) is 15.7. The molecule has 0 fully saturated rings. The number of benzene rings is 1. The summed E-state index contributed by atoms with van der Waals surface area (Å²) < 4.78 is 0. The van der Waals surface area contributed by atoms with Crippen molar-refractivity contribution in [3.8, 4) is 0 Å². The van der Waals surface area contributed by atoms with Crippen molar-refractivity contribution >= 4 is 16.0 Å². The van der Waals surface area contributed by atoms with Crippen LogP contribution in [0.15, 0.2) is 24.3 Å². The Morgan fingerprint density at radius 2 is 0.906 bits per heavy atom. The summed E-state index contributed by atoms with van der Waals surface area (Å²) in [6, 6.07) is 8.27. The standard InChI is InChI=1S/C30H53OS/c1-4-6-8-10-12-14-16-18-20-26-32(30(31)29-24-22-28(3)23-25-29)27-21-19-17-15-13-11-9-7-5-2/h22-25H,4-21,26-27H2,1-3H3/q+1. The normalized spacial score (nSPS) is 11.4. The van der Waals surface area contributed by atoms with Gasteiger partial charge in [0.25, 0.3) is 0 Å². The lowest BCUT2D eigenvalue weighted by atomic mass is 10.1. The second-order valence-corrected chi connectivity index (χ2v) is 11.9. The number of carbonyl (C=O) groups excluding carboxylic acids is 1. The van der Waals surface area contributed by atoms with E-state index in [-0.39, 0.29) is 10.9 Å². The average Bonchev–Trinajstić information content (AvgIpc) is 2.80. The molecule has 1 nitrogen and oxygen atoms in total. The number of unbranched alkanes of at least 4 members (excludes halogenated alkanes) is 16. The van der Waals surface area contributed by atoms with Crippen LogP contribution in [0.3, 0.4) is 0 Å². The van der Waals surface area contributed by atoms with Crippen LogP contribution in [-0.2, 0) is 10.9 Å². The van der Waals surface area contributed by atoms with Crippen molar-refractivity contribution in [3.63, 3.8) is 0 Å². The van der Waals surface area contributed by atoms with E-state index in [4.69, 9.17) is 0 Å². The summed E-state index contributed by atoms with van der Waals surface area (Å²) >= 11 is 0. The van der Waals surface area contributed by atoms with Crippen molar-refractivity contribution < 1.29 is 4.79 Å². The molecule has 0 aliphatic heterocycles. The van der Waals surface area contributed by atoms with Gasteiger partial charge in [-0.1, -0.05) is 121 Å². The predicted octanol–water partition coefficient (Wildman–Crippen LogP) is 9.82. The lowest BCUT2D eigenvalue weighted by Gasteiger charge is -2.08. The molecule has 0 saturated carbocycles. The zero-order valence-corrected chi connectivity index (χ0v) is 22.6. The molecule has 0 aliphatic carbocycles. The van der Waals surface area contributed by atoms with Gasteiger partial charge in [0.1, 0.15) is 11.5 Å². The van der Waals surface area contributed by atoms with Crippen LogP contribution in [0.4, 0.5) is 0 Å². The Morgan fingerprint density at radius 1 is 0.562 bits per heavy atom. The minimum absolute atomic E-state index is 0.0887. The van der Waals surface area contributed by atoms with Crippen molar-refractivity contribution in [2.24, 2.45) is 0 Å². The number of hydrogen-bond donors (Lipinski definition) is 0. The summed E-state index contributed by atoms with van der Waals surface area (Å²) in [7, 11) is -0.0887. The first kappa shape index (κ1) is 29.3. The van der Waals surface area contributed by atoms with Gasteiger partial charge in [-0.05, 0) is 44.7 Å². The minimum Gasteiger partial charge on any atom is -0.232 e. The molecule has 0 saturated heterocycles. The quantitative estimate of drug-likeness (QED) is 0.131. The molecule has 32 heavy (non-hydrogen) atoms. The number of aryl methyl sites for hydroxylation is 1. The van der Waals surface area contributed by atoms with Crippen LogP contribution >= 0.6 is 0 Å². The summed E-state index contributed by atoms with van der Waals surface area (Å²) in [5.74, 6) is 2.22. The highest BCUT2D eigenvalue weighted by Crippen LogP contribution is 2.17. The monoisotopic (exact) mass is 461 g/mol. The largest absolute Gasteiger partial charge is 0.361 e. The second-order valence-electron chi connectivity index (χ2n) is 9.71. The molecule has 0 unspecified atom stereocenters. The van der Waals surface area contributed by atoms with E-state index in [9.17, 15) is 4.79 Å². The molecule has 1 aromatic rings. The maximum absolute atomic E-state index is 13.2. The maximum Gasteiger partial charge on any atom is 0.361 e. The Bertz CT molecular complexity index is 528. The number of rotatable bonds is 21. The summed E-state index contributed by atoms with van der Waals surface area (Å²) in [6.07, 6.45) is 24.4. The number of hydrogen-bond acceptors (Lipinski definition) is 1. The Hall–Kier alpha value is -0.760. The Morgan fingerprint density at radius 3 is 1.28 bits per heavy atom. The first-order valence-corrected chi connectivity index (χ1v) is 15.5. The topological polar surface area (TPSA) is 17.1 Å². The lowest BCUT2D eigenvalue weighted by Crippen LogP contribution is -2.23. The van der Waals surface area contributed by atoms with Crippen LogP contribution in [0.2, 0.25) is 0 Å². The van der Waals surface area contributed by atoms with Gasteiger partial charge in [-0.15, -0.1) is 0 Å². The summed E-state index contributed by atoms with van der Waals surface area (Å²) in [5, 5.41) is 0.420. The van der Waals surface area contributed by atoms with Crippen LogP contribution in [0.5, 0.6) is 0 Å². The van der Waals surface area contributed by atoms with E-state index < -0.39 is 0 Å². The zero-order chi connectivity index (χ0) is 23.3. The molecule has 0 bridgehead atoms. The fraction of sp³-hybridized carbons (Fsp3) is 0.767. The highest BCUT2D eigenvalue weighted by molar-refractivity contribution is 8.11. The minimum atomic E-state index is -0.0887. The molecule has 0 atom stereocenters. The summed E-state index contributed by atoms with van der Waals surface area (Å²) in [6.45, 7) is 6.66. The smallest absolute Gasteiger partial charge is 0.232 e. The van der Waals surface area contributed by atoms with Crippen LogP contribution in [-0.4, -0.2) is 16.6 Å². The highest BCUT2D eigenvalue weighted by Gasteiger charge is 2.29. The first-order valence-electron chi connectivity index (χ1n) is 14.0. The SMILES string of the molecule is CCCCCCCCCCC[S+](CCCCCCCCCCC)C(=O)c1ccc(C)cc1. The molecule has 0 amide bonds. The van der Waals surface area contributed by atoms with E-state index in [1.807, 2.05) is 12.1 Å². The zero-order valence-electron chi connectivity index (χ0n) is 21.8. The number of carbonyl (C=O) groups is 1. The molecule has 0 aromatic heterocycles. The van der Waals surface area contributed by atoms with Gasteiger partial charge in [0.05, 0.1) is 16.5 Å². The van der Waals surface area contributed by atoms with Crippen LogP contribution < -0.4 is 0 Å². The maximum atomic E-state index is 13.2. The third-order valence-corrected chi connectivity index (χ3v) is 8.86. The fourth-order valence-corrected chi connectivity index (χ4v) is 6.47. The average molecular weight is 462 g/mol. The van der Waals surface area contributed by atoms with Crippen molar-refractivity contribution in [3.05, 3.63) is 35.4 Å². The molecular weight excluding hydrogens is 408 g/mol. The second kappa shape index (κ2) is 20.8. The third kappa shape index (κ3) is 15.1. The molecule has 2 heteroatoms. The van der Waals surface area contributed by atoms with Gasteiger partial charge in [0.15, 0.2) is 0 Å². The van der Waals surface area contributed by atoms with E-state index in [2.05, 4.69) is 32.9 Å². The summed E-state index contributed by atoms with van der Waals surface area (Å²) in [4.78, 5) is 13.2. The Labute approximate surface area is 203 Å². The highest BCUT2D eigenvalue weighted by atomic mass is 32.2. The van der Waals surface area contributed by atoms with E-state index in [1.165, 1.54) is 121 Å². The van der Waals surface area contributed by atoms with E-state index in [1.54, 1.807) is 0 Å². The molecular formula is C30H53OS+. The van der Waals surface area contributed by atoms with Crippen LogP contribution in [0.1, 0.15) is 145 Å². The van der Waals surface area contributed by atoms with Gasteiger partial charge >= 0.3 is 5.12 Å². The van der Waals surface area contributed by atoms with E-state index in [0.717, 1.165) is 17.1 Å². The summed E-state index contributed by atoms with van der Waals surface area (Å²) in [5.41, 5.74) is 2.17. The van der Waals surface area contributed by atoms with E-state index >= 15 is 0 Å². The predicted molar refractivity (Wildman–Crippen MR) is 147 cm³/mol. The molecule has 1 rings (SSSR count). The fourth-order valence-electron chi connectivity index (χ4n) is 4.32.